The van der Waals surface area contributed by atoms with Gasteiger partial charge in [-0.25, -0.2) is 4.79 Å². The Morgan fingerprint density at radius 1 is 1.09 bits per heavy atom. The van der Waals surface area contributed by atoms with Gasteiger partial charge in [-0.15, -0.1) is 0 Å². The minimum atomic E-state index is -2.34. The predicted octanol–water partition coefficient (Wildman–Crippen LogP) is 5.01. The first-order valence-electron chi connectivity index (χ1n) is 10.2. The molecule has 0 spiro atoms. The summed E-state index contributed by atoms with van der Waals surface area (Å²) >= 11 is 9.98. The zero-order valence-corrected chi connectivity index (χ0v) is 20.8. The van der Waals surface area contributed by atoms with Crippen LogP contribution in [0.1, 0.15) is 18.0 Å². The van der Waals surface area contributed by atoms with Crippen molar-refractivity contribution in [3.05, 3.63) is 101 Å². The number of halogens is 1. The van der Waals surface area contributed by atoms with E-state index in [9.17, 15) is 4.79 Å². The van der Waals surface area contributed by atoms with E-state index in [0.717, 1.165) is 26.4 Å². The summed E-state index contributed by atoms with van der Waals surface area (Å²) in [5.74, 6) is 0.373. The number of fused-ring (bicyclic) bond motifs is 1. The van der Waals surface area contributed by atoms with Crippen LogP contribution in [0.25, 0.3) is 0 Å². The van der Waals surface area contributed by atoms with E-state index in [2.05, 4.69) is 51.3 Å². The lowest BCUT2D eigenvalue weighted by atomic mass is 9.97. The van der Waals surface area contributed by atoms with E-state index >= 15 is 0 Å². The van der Waals surface area contributed by atoms with Crippen molar-refractivity contribution < 1.29 is 14.3 Å². The molecule has 0 amide bonds. The molecule has 3 aromatic carbocycles. The summed E-state index contributed by atoms with van der Waals surface area (Å²) in [4.78, 5) is 11.6. The fourth-order valence-electron chi connectivity index (χ4n) is 3.76. The van der Waals surface area contributed by atoms with Gasteiger partial charge in [0.05, 0.1) is 13.3 Å². The van der Waals surface area contributed by atoms with E-state index in [-0.39, 0.29) is 12.1 Å². The lowest BCUT2D eigenvalue weighted by molar-refractivity contribution is -0.134. The van der Waals surface area contributed by atoms with Gasteiger partial charge in [0.1, 0.15) is 11.9 Å². The number of carbonyl (C=O) groups excluding carboxylic acids is 1. The molecule has 0 fully saturated rings. The molecule has 1 N–H and O–H groups in total. The molecule has 0 aliphatic carbocycles. The molecule has 32 heavy (non-hydrogen) atoms. The lowest BCUT2D eigenvalue weighted by Gasteiger charge is -2.36. The second kappa shape index (κ2) is 10.1. The quantitative estimate of drug-likeness (QED) is 0.277. The van der Waals surface area contributed by atoms with Crippen LogP contribution in [0.2, 0.25) is 0 Å². The Kier molecular flexibility index (Phi) is 7.27. The number of hydrogen-bond donors (Lipinski definition) is 1. The molecular formula is C25H23BrNO3PS. The van der Waals surface area contributed by atoms with Crippen LogP contribution < -0.4 is 20.4 Å². The van der Waals surface area contributed by atoms with Crippen molar-refractivity contribution in [2.45, 2.75) is 18.6 Å². The van der Waals surface area contributed by atoms with Gasteiger partial charge in [-0.2, -0.15) is 0 Å². The number of benzene rings is 3. The summed E-state index contributed by atoms with van der Waals surface area (Å²) in [5.41, 5.74) is 1.04. The van der Waals surface area contributed by atoms with Gasteiger partial charge in [0.2, 0.25) is 0 Å². The summed E-state index contributed by atoms with van der Waals surface area (Å²) in [5, 5.41) is 6.06. The first-order valence-corrected chi connectivity index (χ1v) is 13.8. The Morgan fingerprint density at radius 3 is 2.31 bits per heavy atom. The minimum Gasteiger partial charge on any atom is -0.486 e. The standard InChI is InChI=1S/C25H23BrNO3PS/c1-29-25(28)15-13-19-17-23(22-16-18(26)12-14-24(22)30-19)27-31(32,20-8-4-2-5-9-20)21-10-6-3-7-11-21/h2-16,19,23H,17H2,1H3,(H,27,32)/b15-13+. The zero-order valence-electron chi connectivity index (χ0n) is 17.5. The molecule has 0 bridgehead atoms. The van der Waals surface area contributed by atoms with E-state index in [1.807, 2.05) is 48.5 Å². The molecule has 4 nitrogen and oxygen atoms in total. The van der Waals surface area contributed by atoms with Crippen LogP contribution in [0.3, 0.4) is 0 Å². The lowest BCUT2D eigenvalue weighted by Crippen LogP contribution is -2.35. The zero-order chi connectivity index (χ0) is 22.6. The van der Waals surface area contributed by atoms with Gasteiger partial charge in [-0.3, -0.25) is 5.09 Å². The van der Waals surface area contributed by atoms with Gasteiger partial charge in [-0.1, -0.05) is 88.4 Å². The van der Waals surface area contributed by atoms with Gasteiger partial charge >= 0.3 is 5.97 Å². The fourth-order valence-corrected chi connectivity index (χ4v) is 7.71. The Bertz CT molecular complexity index is 1130. The monoisotopic (exact) mass is 527 g/mol. The average molecular weight is 528 g/mol. The molecule has 1 aliphatic rings. The number of ether oxygens (including phenoxy) is 2. The highest BCUT2D eigenvalue weighted by molar-refractivity contribution is 9.10. The summed E-state index contributed by atoms with van der Waals surface area (Å²) in [6.45, 7) is 0. The third-order valence-corrected chi connectivity index (χ3v) is 10.1. The molecule has 1 aliphatic heterocycles. The molecule has 0 saturated carbocycles. The molecule has 7 heteroatoms. The maximum Gasteiger partial charge on any atom is 0.330 e. The summed E-state index contributed by atoms with van der Waals surface area (Å²) in [7, 11) is 1.36. The number of methoxy groups -OCH3 is 1. The molecule has 2 atom stereocenters. The number of rotatable bonds is 6. The summed E-state index contributed by atoms with van der Waals surface area (Å²) < 4.78 is 11.9. The smallest absolute Gasteiger partial charge is 0.330 e. The van der Waals surface area contributed by atoms with Crippen LogP contribution >= 0.6 is 22.1 Å². The topological polar surface area (TPSA) is 47.6 Å². The number of esters is 1. The Hall–Kier alpha value is -2.24. The van der Waals surface area contributed by atoms with Gasteiger partial charge in [0, 0.05) is 39.2 Å². The Balaban J connectivity index is 1.75. The molecule has 0 radical (unpaired) electrons. The first-order chi connectivity index (χ1) is 15.5. The summed E-state index contributed by atoms with van der Waals surface area (Å²) in [6, 6.07) is 26.4. The third kappa shape index (κ3) is 5.05. The van der Waals surface area contributed by atoms with Crippen molar-refractivity contribution in [1.82, 2.24) is 5.09 Å². The maximum atomic E-state index is 11.6. The van der Waals surface area contributed by atoms with Gasteiger partial charge in [0.25, 0.3) is 0 Å². The largest absolute Gasteiger partial charge is 0.486 e. The molecule has 4 rings (SSSR count). The first kappa shape index (κ1) is 22.9. The molecule has 0 aromatic heterocycles. The second-order valence-electron chi connectivity index (χ2n) is 7.42. The van der Waals surface area contributed by atoms with Crippen molar-refractivity contribution in [2.75, 3.05) is 7.11 Å². The third-order valence-electron chi connectivity index (χ3n) is 5.32. The van der Waals surface area contributed by atoms with Crippen LogP contribution in [0.15, 0.2) is 95.5 Å². The highest BCUT2D eigenvalue weighted by atomic mass is 79.9. The summed E-state index contributed by atoms with van der Waals surface area (Å²) in [6.07, 6.45) is 1.18. The van der Waals surface area contributed by atoms with Crippen molar-refractivity contribution in [3.8, 4) is 5.75 Å². The molecule has 2 unspecified atom stereocenters. The van der Waals surface area contributed by atoms with E-state index in [4.69, 9.17) is 21.3 Å². The van der Waals surface area contributed by atoms with Crippen molar-refractivity contribution >= 4 is 50.5 Å². The molecule has 3 aromatic rings. The van der Waals surface area contributed by atoms with Gasteiger partial charge in [0.15, 0.2) is 0 Å². The van der Waals surface area contributed by atoms with Crippen LogP contribution in [-0.2, 0) is 21.3 Å². The predicted molar refractivity (Wildman–Crippen MR) is 137 cm³/mol. The Morgan fingerprint density at radius 2 is 1.72 bits per heavy atom. The van der Waals surface area contributed by atoms with Crippen LogP contribution in [0.5, 0.6) is 5.75 Å². The maximum absolute atomic E-state index is 11.6. The minimum absolute atomic E-state index is 0.0604. The average Bonchev–Trinajstić information content (AvgIpc) is 2.84. The molecular weight excluding hydrogens is 505 g/mol. The van der Waals surface area contributed by atoms with Crippen LogP contribution in [-0.4, -0.2) is 19.2 Å². The van der Waals surface area contributed by atoms with Gasteiger partial charge < -0.3 is 9.47 Å². The number of nitrogens with one attached hydrogen (secondary N) is 1. The molecule has 0 saturated heterocycles. The van der Waals surface area contributed by atoms with Crippen LogP contribution in [0, 0.1) is 0 Å². The number of hydrogen-bond acceptors (Lipinski definition) is 4. The molecule has 164 valence electrons. The van der Waals surface area contributed by atoms with Crippen molar-refractivity contribution in [1.29, 1.82) is 0 Å². The van der Waals surface area contributed by atoms with E-state index in [0.29, 0.717) is 6.42 Å². The van der Waals surface area contributed by atoms with Crippen molar-refractivity contribution in [3.63, 3.8) is 0 Å². The highest BCUT2D eigenvalue weighted by Gasteiger charge is 2.33. The van der Waals surface area contributed by atoms with E-state index in [1.54, 1.807) is 6.08 Å². The van der Waals surface area contributed by atoms with E-state index < -0.39 is 12.2 Å². The number of carbonyl (C=O) groups is 1. The van der Waals surface area contributed by atoms with Crippen molar-refractivity contribution in [2.24, 2.45) is 0 Å². The second-order valence-corrected chi connectivity index (χ2v) is 12.5. The van der Waals surface area contributed by atoms with Gasteiger partial charge in [-0.05, 0) is 24.3 Å². The SMILES string of the molecule is COC(=O)/C=C/C1CC(NP(=S)(c2ccccc2)c2ccccc2)c2cc(Br)ccc2O1. The normalized spacial score (nSPS) is 18.1. The van der Waals surface area contributed by atoms with Crippen LogP contribution in [0.4, 0.5) is 0 Å². The molecule has 1 heterocycles. The van der Waals surface area contributed by atoms with E-state index in [1.165, 1.54) is 13.2 Å². The highest BCUT2D eigenvalue weighted by Crippen LogP contribution is 2.46. The Labute approximate surface area is 201 Å². The fraction of sp³-hybridized carbons (Fsp3) is 0.160.